The van der Waals surface area contributed by atoms with E-state index in [-0.39, 0.29) is 11.4 Å². The van der Waals surface area contributed by atoms with Gasteiger partial charge in [0.1, 0.15) is 0 Å². The number of nitrogens with one attached hydrogen (secondary N) is 1. The lowest BCUT2D eigenvalue weighted by atomic mass is 9.97. The second-order valence-electron chi connectivity index (χ2n) is 5.26. The SMILES string of the molecule is Cc1ccccc1C(=O)N1CCNCC1(C)C. The van der Waals surface area contributed by atoms with Crippen LogP contribution in [0.5, 0.6) is 0 Å². The monoisotopic (exact) mass is 232 g/mol. The van der Waals surface area contributed by atoms with Gasteiger partial charge in [-0.3, -0.25) is 4.79 Å². The Morgan fingerprint density at radius 2 is 2.06 bits per heavy atom. The van der Waals surface area contributed by atoms with E-state index >= 15 is 0 Å². The average molecular weight is 232 g/mol. The first-order chi connectivity index (χ1) is 8.02. The Morgan fingerprint density at radius 3 is 2.71 bits per heavy atom. The zero-order chi connectivity index (χ0) is 12.5. The molecule has 0 aliphatic carbocycles. The third-order valence-electron chi connectivity index (χ3n) is 3.42. The van der Waals surface area contributed by atoms with Crippen molar-refractivity contribution in [1.29, 1.82) is 0 Å². The van der Waals surface area contributed by atoms with Crippen LogP contribution in [0.25, 0.3) is 0 Å². The average Bonchev–Trinajstić information content (AvgIpc) is 2.28. The second kappa shape index (κ2) is 4.49. The van der Waals surface area contributed by atoms with Gasteiger partial charge in [-0.2, -0.15) is 0 Å². The molecule has 0 unspecified atom stereocenters. The van der Waals surface area contributed by atoms with Crippen LogP contribution in [0.4, 0.5) is 0 Å². The van der Waals surface area contributed by atoms with Gasteiger partial charge in [0, 0.05) is 25.2 Å². The van der Waals surface area contributed by atoms with E-state index < -0.39 is 0 Å². The molecule has 1 aromatic rings. The molecule has 0 radical (unpaired) electrons. The minimum atomic E-state index is -0.113. The largest absolute Gasteiger partial charge is 0.331 e. The Hall–Kier alpha value is -1.35. The molecule has 17 heavy (non-hydrogen) atoms. The van der Waals surface area contributed by atoms with E-state index in [0.29, 0.717) is 0 Å². The summed E-state index contributed by atoms with van der Waals surface area (Å²) in [4.78, 5) is 14.5. The number of benzene rings is 1. The van der Waals surface area contributed by atoms with Crippen LogP contribution in [-0.4, -0.2) is 36.0 Å². The quantitative estimate of drug-likeness (QED) is 0.801. The highest BCUT2D eigenvalue weighted by Crippen LogP contribution is 2.20. The fourth-order valence-electron chi connectivity index (χ4n) is 2.32. The van der Waals surface area contributed by atoms with Crippen LogP contribution in [0.3, 0.4) is 0 Å². The van der Waals surface area contributed by atoms with Crippen LogP contribution in [0.15, 0.2) is 24.3 Å². The fraction of sp³-hybridized carbons (Fsp3) is 0.500. The molecule has 0 bridgehead atoms. The van der Waals surface area contributed by atoms with E-state index in [1.54, 1.807) is 0 Å². The Labute approximate surface area is 103 Å². The molecule has 1 aromatic carbocycles. The van der Waals surface area contributed by atoms with E-state index in [9.17, 15) is 4.79 Å². The predicted molar refractivity (Wildman–Crippen MR) is 69.2 cm³/mol. The second-order valence-corrected chi connectivity index (χ2v) is 5.26. The molecule has 1 aliphatic heterocycles. The van der Waals surface area contributed by atoms with E-state index in [4.69, 9.17) is 0 Å². The van der Waals surface area contributed by atoms with Gasteiger partial charge in [-0.1, -0.05) is 18.2 Å². The van der Waals surface area contributed by atoms with Crippen molar-refractivity contribution in [3.8, 4) is 0 Å². The lowest BCUT2D eigenvalue weighted by Crippen LogP contribution is -2.59. The van der Waals surface area contributed by atoms with Crippen molar-refractivity contribution in [2.24, 2.45) is 0 Å². The molecular weight excluding hydrogens is 212 g/mol. The number of nitrogens with zero attached hydrogens (tertiary/aromatic N) is 1. The number of amides is 1. The van der Waals surface area contributed by atoms with Crippen LogP contribution in [0.1, 0.15) is 29.8 Å². The number of hydrogen-bond donors (Lipinski definition) is 1. The van der Waals surface area contributed by atoms with Gasteiger partial charge in [-0.05, 0) is 32.4 Å². The van der Waals surface area contributed by atoms with Crippen LogP contribution in [0.2, 0.25) is 0 Å². The van der Waals surface area contributed by atoms with Gasteiger partial charge in [0.25, 0.3) is 5.91 Å². The Balaban J connectivity index is 2.28. The Morgan fingerprint density at radius 1 is 1.35 bits per heavy atom. The molecule has 1 aliphatic rings. The summed E-state index contributed by atoms with van der Waals surface area (Å²) in [5.41, 5.74) is 1.76. The molecule has 0 atom stereocenters. The van der Waals surface area contributed by atoms with Crippen molar-refractivity contribution in [3.05, 3.63) is 35.4 Å². The highest BCUT2D eigenvalue weighted by Gasteiger charge is 2.33. The number of piperazine rings is 1. The maximum Gasteiger partial charge on any atom is 0.254 e. The highest BCUT2D eigenvalue weighted by atomic mass is 16.2. The van der Waals surface area contributed by atoms with Crippen molar-refractivity contribution < 1.29 is 4.79 Å². The molecule has 3 heteroatoms. The molecule has 0 aromatic heterocycles. The number of hydrogen-bond acceptors (Lipinski definition) is 2. The molecular formula is C14H20N2O. The molecule has 0 saturated carbocycles. The number of carbonyl (C=O) groups is 1. The first kappa shape index (κ1) is 12.1. The van der Waals surface area contributed by atoms with Gasteiger partial charge in [0.2, 0.25) is 0 Å². The lowest BCUT2D eigenvalue weighted by Gasteiger charge is -2.43. The fourth-order valence-corrected chi connectivity index (χ4v) is 2.32. The molecule has 92 valence electrons. The maximum absolute atomic E-state index is 12.5. The topological polar surface area (TPSA) is 32.3 Å². The van der Waals surface area contributed by atoms with Crippen LogP contribution in [-0.2, 0) is 0 Å². The van der Waals surface area contributed by atoms with Gasteiger partial charge in [-0.25, -0.2) is 0 Å². The zero-order valence-electron chi connectivity index (χ0n) is 10.8. The molecule has 1 heterocycles. The number of aryl methyl sites for hydroxylation is 1. The summed E-state index contributed by atoms with van der Waals surface area (Å²) in [5.74, 6) is 0.148. The lowest BCUT2D eigenvalue weighted by molar-refractivity contribution is 0.0477. The third kappa shape index (κ3) is 2.34. The van der Waals surface area contributed by atoms with E-state index in [1.165, 1.54) is 0 Å². The first-order valence-corrected chi connectivity index (χ1v) is 6.11. The van der Waals surface area contributed by atoms with Crippen molar-refractivity contribution in [3.63, 3.8) is 0 Å². The molecule has 1 fully saturated rings. The van der Waals surface area contributed by atoms with E-state index in [1.807, 2.05) is 36.1 Å². The smallest absolute Gasteiger partial charge is 0.254 e. The van der Waals surface area contributed by atoms with Crippen LogP contribution < -0.4 is 5.32 Å². The van der Waals surface area contributed by atoms with Gasteiger partial charge in [-0.15, -0.1) is 0 Å². The predicted octanol–water partition coefficient (Wildman–Crippen LogP) is 1.82. The minimum absolute atomic E-state index is 0.113. The van der Waals surface area contributed by atoms with Crippen molar-refractivity contribution >= 4 is 5.91 Å². The zero-order valence-corrected chi connectivity index (χ0v) is 10.8. The third-order valence-corrected chi connectivity index (χ3v) is 3.42. The summed E-state index contributed by atoms with van der Waals surface area (Å²) in [5, 5.41) is 3.33. The van der Waals surface area contributed by atoms with Crippen molar-refractivity contribution in [2.45, 2.75) is 26.3 Å². The van der Waals surface area contributed by atoms with Gasteiger partial charge >= 0.3 is 0 Å². The molecule has 1 N–H and O–H groups in total. The van der Waals surface area contributed by atoms with E-state index in [0.717, 1.165) is 30.8 Å². The maximum atomic E-state index is 12.5. The molecule has 1 saturated heterocycles. The number of carbonyl (C=O) groups excluding carboxylic acids is 1. The minimum Gasteiger partial charge on any atom is -0.331 e. The van der Waals surface area contributed by atoms with Crippen LogP contribution >= 0.6 is 0 Å². The molecule has 0 spiro atoms. The standard InChI is InChI=1S/C14H20N2O/c1-11-6-4-5-7-12(11)13(17)16-9-8-15-10-14(16,2)3/h4-7,15H,8-10H2,1-3H3. The molecule has 3 nitrogen and oxygen atoms in total. The molecule has 2 rings (SSSR count). The highest BCUT2D eigenvalue weighted by molar-refractivity contribution is 5.96. The van der Waals surface area contributed by atoms with Gasteiger partial charge in [0.05, 0.1) is 5.54 Å². The van der Waals surface area contributed by atoms with Crippen LogP contribution in [0, 0.1) is 6.92 Å². The summed E-state index contributed by atoms with van der Waals surface area (Å²) in [7, 11) is 0. The first-order valence-electron chi connectivity index (χ1n) is 6.11. The Kier molecular flexibility index (Phi) is 3.20. The summed E-state index contributed by atoms with van der Waals surface area (Å²) in [6, 6.07) is 7.79. The number of rotatable bonds is 1. The van der Waals surface area contributed by atoms with Gasteiger partial charge < -0.3 is 10.2 Å². The summed E-state index contributed by atoms with van der Waals surface area (Å²) < 4.78 is 0. The molecule has 1 amide bonds. The van der Waals surface area contributed by atoms with Crippen molar-refractivity contribution in [1.82, 2.24) is 10.2 Å². The summed E-state index contributed by atoms with van der Waals surface area (Å²) in [6.07, 6.45) is 0. The summed E-state index contributed by atoms with van der Waals surface area (Å²) in [6.45, 7) is 8.71. The van der Waals surface area contributed by atoms with Gasteiger partial charge in [0.15, 0.2) is 0 Å². The van der Waals surface area contributed by atoms with Crippen molar-refractivity contribution in [2.75, 3.05) is 19.6 Å². The Bertz CT molecular complexity index is 426. The van der Waals surface area contributed by atoms with E-state index in [2.05, 4.69) is 19.2 Å². The summed E-state index contributed by atoms with van der Waals surface area (Å²) >= 11 is 0. The normalized spacial score (nSPS) is 19.1.